The molecular weight excluding hydrogens is 310 g/mol. The van der Waals surface area contributed by atoms with E-state index in [4.69, 9.17) is 0 Å². The van der Waals surface area contributed by atoms with E-state index in [2.05, 4.69) is 20.2 Å². The minimum absolute atomic E-state index is 0.0221. The van der Waals surface area contributed by atoms with Gasteiger partial charge in [0.15, 0.2) is 5.82 Å². The van der Waals surface area contributed by atoms with Gasteiger partial charge in [-0.25, -0.2) is 9.97 Å². The number of hydrogen-bond acceptors (Lipinski definition) is 7. The molecule has 3 aromatic heterocycles. The Kier molecular flexibility index (Phi) is 3.67. The van der Waals surface area contributed by atoms with Crippen LogP contribution < -0.4 is 0 Å². The molecule has 0 aliphatic rings. The van der Waals surface area contributed by atoms with E-state index in [9.17, 15) is 10.1 Å². The highest BCUT2D eigenvalue weighted by Crippen LogP contribution is 2.29. The quantitative estimate of drug-likeness (QED) is 0.585. The summed E-state index contributed by atoms with van der Waals surface area (Å²) in [5.41, 5.74) is 0.697. The first-order chi connectivity index (χ1) is 10.1. The molecule has 9 heteroatoms. The van der Waals surface area contributed by atoms with Crippen LogP contribution in [0.25, 0.3) is 10.7 Å². The lowest BCUT2D eigenvalue weighted by atomic mass is 10.3. The third-order valence-corrected chi connectivity index (χ3v) is 4.50. The number of H-pyrrole nitrogens is 1. The molecule has 0 atom stereocenters. The van der Waals surface area contributed by atoms with E-state index in [1.54, 1.807) is 18.3 Å². The maximum Gasteiger partial charge on any atom is 0.287 e. The third kappa shape index (κ3) is 2.93. The first kappa shape index (κ1) is 13.7. The number of aryl methyl sites for hydroxylation is 1. The van der Waals surface area contributed by atoms with Gasteiger partial charge in [-0.2, -0.15) is 0 Å². The van der Waals surface area contributed by atoms with Crippen molar-refractivity contribution in [3.63, 3.8) is 0 Å². The van der Waals surface area contributed by atoms with E-state index in [-0.39, 0.29) is 5.69 Å². The summed E-state index contributed by atoms with van der Waals surface area (Å²) < 4.78 is 0. The molecule has 0 fully saturated rings. The maximum absolute atomic E-state index is 10.7. The van der Waals surface area contributed by atoms with E-state index >= 15 is 0 Å². The summed E-state index contributed by atoms with van der Waals surface area (Å²) >= 11 is 2.84. The van der Waals surface area contributed by atoms with Gasteiger partial charge in [0.2, 0.25) is 5.16 Å². The fourth-order valence-corrected chi connectivity index (χ4v) is 3.05. The van der Waals surface area contributed by atoms with E-state index < -0.39 is 4.92 Å². The van der Waals surface area contributed by atoms with Crippen LogP contribution in [0.3, 0.4) is 0 Å². The van der Waals surface area contributed by atoms with Crippen LogP contribution >= 0.6 is 23.1 Å². The smallest absolute Gasteiger partial charge is 0.258 e. The number of nitrogens with one attached hydrogen (secondary N) is 1. The van der Waals surface area contributed by atoms with Crippen LogP contribution in [0.4, 0.5) is 5.69 Å². The summed E-state index contributed by atoms with van der Waals surface area (Å²) in [6, 6.07) is 5.38. The van der Waals surface area contributed by atoms with Crippen LogP contribution in [0.1, 0.15) is 5.56 Å². The number of nitrogens with zero attached hydrogens (tertiary/aromatic N) is 4. The average Bonchev–Trinajstić information content (AvgIpc) is 3.11. The Labute approximate surface area is 127 Å². The standard InChI is InChI=1S/C12H9N5O2S2/c1-7-5-8(17(18)19)6-13-11(7)21-12-14-10(15-16-12)9-3-2-4-20-9/h2-6H,1H3,(H,14,15,16). The predicted octanol–water partition coefficient (Wildman–Crippen LogP) is 3.30. The second-order valence-electron chi connectivity index (χ2n) is 4.12. The van der Waals surface area contributed by atoms with Gasteiger partial charge < -0.3 is 0 Å². The monoisotopic (exact) mass is 319 g/mol. The lowest BCUT2D eigenvalue weighted by Gasteiger charge is -2.00. The van der Waals surface area contributed by atoms with Crippen LogP contribution in [0.15, 0.2) is 40.0 Å². The SMILES string of the molecule is Cc1cc([N+](=O)[O-])cnc1Sc1n[nH]c(-c2cccs2)n1. The number of aromatic amines is 1. The number of nitro groups is 1. The van der Waals surface area contributed by atoms with Crippen molar-refractivity contribution in [2.45, 2.75) is 17.1 Å². The molecule has 0 unspecified atom stereocenters. The first-order valence-electron chi connectivity index (χ1n) is 5.88. The highest BCUT2D eigenvalue weighted by molar-refractivity contribution is 7.99. The van der Waals surface area contributed by atoms with E-state index in [0.717, 1.165) is 10.4 Å². The Morgan fingerprint density at radius 3 is 3.00 bits per heavy atom. The van der Waals surface area contributed by atoms with Gasteiger partial charge in [-0.05, 0) is 35.7 Å². The molecular formula is C12H9N5O2S2. The number of rotatable bonds is 4. The normalized spacial score (nSPS) is 10.7. The Bertz CT molecular complexity index is 785. The summed E-state index contributed by atoms with van der Waals surface area (Å²) in [4.78, 5) is 19.7. The summed E-state index contributed by atoms with van der Waals surface area (Å²) in [6.07, 6.45) is 1.24. The van der Waals surface area contributed by atoms with Crippen molar-refractivity contribution in [2.75, 3.05) is 0 Å². The molecule has 3 rings (SSSR count). The van der Waals surface area contributed by atoms with Gasteiger partial charge in [-0.3, -0.25) is 15.2 Å². The topological polar surface area (TPSA) is 97.6 Å². The molecule has 0 radical (unpaired) electrons. The van der Waals surface area contributed by atoms with Crippen molar-refractivity contribution >= 4 is 28.8 Å². The second-order valence-corrected chi connectivity index (χ2v) is 6.02. The van der Waals surface area contributed by atoms with Crippen LogP contribution in [0.5, 0.6) is 0 Å². The number of aromatic nitrogens is 4. The summed E-state index contributed by atoms with van der Waals surface area (Å²) in [5, 5.41) is 20.8. The molecule has 0 bridgehead atoms. The fraction of sp³-hybridized carbons (Fsp3) is 0.0833. The summed E-state index contributed by atoms with van der Waals surface area (Å²) in [6.45, 7) is 1.77. The highest BCUT2D eigenvalue weighted by atomic mass is 32.2. The number of thiophene rings is 1. The van der Waals surface area contributed by atoms with Crippen LogP contribution in [-0.4, -0.2) is 25.1 Å². The van der Waals surface area contributed by atoms with Gasteiger partial charge in [0.25, 0.3) is 5.69 Å². The lowest BCUT2D eigenvalue weighted by molar-refractivity contribution is -0.385. The van der Waals surface area contributed by atoms with Gasteiger partial charge in [-0.15, -0.1) is 16.4 Å². The Balaban J connectivity index is 1.82. The molecule has 0 saturated heterocycles. The van der Waals surface area contributed by atoms with Gasteiger partial charge >= 0.3 is 0 Å². The first-order valence-corrected chi connectivity index (χ1v) is 7.58. The third-order valence-electron chi connectivity index (χ3n) is 2.63. The number of pyridine rings is 1. The molecule has 3 heterocycles. The summed E-state index contributed by atoms with van der Waals surface area (Å²) in [5.74, 6) is 0.701. The highest BCUT2D eigenvalue weighted by Gasteiger charge is 2.13. The van der Waals surface area contributed by atoms with Crippen LogP contribution in [0, 0.1) is 17.0 Å². The van der Waals surface area contributed by atoms with Crippen molar-refractivity contribution in [1.82, 2.24) is 20.2 Å². The van der Waals surface area contributed by atoms with Crippen molar-refractivity contribution in [3.05, 3.63) is 45.5 Å². The zero-order chi connectivity index (χ0) is 14.8. The molecule has 21 heavy (non-hydrogen) atoms. The minimum atomic E-state index is -0.462. The van der Waals surface area contributed by atoms with Gasteiger partial charge in [-0.1, -0.05) is 6.07 Å². The maximum atomic E-state index is 10.7. The van der Waals surface area contributed by atoms with E-state index in [1.165, 1.54) is 24.0 Å². The van der Waals surface area contributed by atoms with Gasteiger partial charge in [0.1, 0.15) is 11.2 Å². The fourth-order valence-electron chi connectivity index (χ4n) is 1.66. The predicted molar refractivity (Wildman–Crippen MR) is 79.4 cm³/mol. The molecule has 1 N–H and O–H groups in total. The zero-order valence-corrected chi connectivity index (χ0v) is 12.4. The van der Waals surface area contributed by atoms with Crippen molar-refractivity contribution in [1.29, 1.82) is 0 Å². The molecule has 3 aromatic rings. The number of hydrogen-bond donors (Lipinski definition) is 1. The minimum Gasteiger partial charge on any atom is -0.258 e. The van der Waals surface area contributed by atoms with E-state index in [0.29, 0.717) is 16.0 Å². The molecule has 7 nitrogen and oxygen atoms in total. The molecule has 0 saturated carbocycles. The van der Waals surface area contributed by atoms with Crippen molar-refractivity contribution in [2.24, 2.45) is 0 Å². The average molecular weight is 319 g/mol. The molecule has 0 amide bonds. The molecule has 0 aliphatic heterocycles. The Morgan fingerprint density at radius 2 is 2.33 bits per heavy atom. The Morgan fingerprint density at radius 1 is 1.48 bits per heavy atom. The zero-order valence-electron chi connectivity index (χ0n) is 10.8. The van der Waals surface area contributed by atoms with Gasteiger partial charge in [0.05, 0.1) is 9.80 Å². The largest absolute Gasteiger partial charge is 0.287 e. The second kappa shape index (κ2) is 5.62. The summed E-state index contributed by atoms with van der Waals surface area (Å²) in [7, 11) is 0. The van der Waals surface area contributed by atoms with Crippen molar-refractivity contribution < 1.29 is 4.92 Å². The molecule has 106 valence electrons. The van der Waals surface area contributed by atoms with Crippen LogP contribution in [0.2, 0.25) is 0 Å². The van der Waals surface area contributed by atoms with Crippen LogP contribution in [-0.2, 0) is 0 Å². The molecule has 0 aliphatic carbocycles. The Hall–Kier alpha value is -2.26. The van der Waals surface area contributed by atoms with Gasteiger partial charge in [0, 0.05) is 6.07 Å². The van der Waals surface area contributed by atoms with Crippen molar-refractivity contribution in [3.8, 4) is 10.7 Å². The van der Waals surface area contributed by atoms with E-state index in [1.807, 2.05) is 17.5 Å². The lowest BCUT2D eigenvalue weighted by Crippen LogP contribution is -1.93. The molecule has 0 aromatic carbocycles. The molecule has 0 spiro atoms.